The van der Waals surface area contributed by atoms with Crippen molar-refractivity contribution in [1.82, 2.24) is 5.32 Å². The van der Waals surface area contributed by atoms with E-state index in [0.29, 0.717) is 30.0 Å². The van der Waals surface area contributed by atoms with Crippen LogP contribution in [0.25, 0.3) is 0 Å². The number of aryl methyl sites for hydroxylation is 1. The fourth-order valence-corrected chi connectivity index (χ4v) is 4.24. The van der Waals surface area contributed by atoms with Crippen LogP contribution in [0.5, 0.6) is 5.75 Å². The predicted octanol–water partition coefficient (Wildman–Crippen LogP) is 4.22. The number of sulfonamides is 1. The molecule has 0 spiro atoms. The molecular formula is C24H26N2O4S. The highest BCUT2D eigenvalue weighted by molar-refractivity contribution is 7.92. The molecule has 0 aliphatic heterocycles. The van der Waals surface area contributed by atoms with Crippen LogP contribution in [-0.2, 0) is 10.0 Å². The summed E-state index contributed by atoms with van der Waals surface area (Å²) < 4.78 is 33.5. The van der Waals surface area contributed by atoms with E-state index in [1.807, 2.05) is 32.0 Å². The standard InChI is InChI=1S/C24H26N2O4S/c1-17-9-7-14-23(18(17)2)30-16-15-25-24(27)21-12-8-13-22(19(21)3)26-31(28,29)20-10-5-4-6-11-20/h4-14,26H,15-16H2,1-3H3,(H,25,27). The van der Waals surface area contributed by atoms with E-state index in [0.717, 1.165) is 16.9 Å². The number of amides is 1. The maximum atomic E-state index is 12.6. The van der Waals surface area contributed by atoms with E-state index < -0.39 is 10.0 Å². The lowest BCUT2D eigenvalue weighted by atomic mass is 10.1. The molecule has 0 atom stereocenters. The molecule has 3 rings (SSSR count). The summed E-state index contributed by atoms with van der Waals surface area (Å²) in [4.78, 5) is 12.8. The fraction of sp³-hybridized carbons (Fsp3) is 0.208. The second-order valence-corrected chi connectivity index (χ2v) is 8.88. The first-order valence-electron chi connectivity index (χ1n) is 9.94. The van der Waals surface area contributed by atoms with E-state index in [4.69, 9.17) is 4.74 Å². The molecule has 0 aromatic heterocycles. The number of carbonyl (C=O) groups is 1. The Morgan fingerprint density at radius 1 is 0.871 bits per heavy atom. The number of ether oxygens (including phenoxy) is 1. The zero-order valence-electron chi connectivity index (χ0n) is 17.8. The summed E-state index contributed by atoms with van der Waals surface area (Å²) >= 11 is 0. The maximum Gasteiger partial charge on any atom is 0.261 e. The highest BCUT2D eigenvalue weighted by Crippen LogP contribution is 2.23. The molecule has 0 heterocycles. The van der Waals surface area contributed by atoms with E-state index >= 15 is 0 Å². The average Bonchev–Trinajstić information content (AvgIpc) is 2.76. The molecule has 2 N–H and O–H groups in total. The molecule has 3 aromatic rings. The summed E-state index contributed by atoms with van der Waals surface area (Å²) in [5.41, 5.74) is 3.54. The van der Waals surface area contributed by atoms with Crippen molar-refractivity contribution < 1.29 is 17.9 Å². The Kier molecular flexibility index (Phi) is 6.97. The number of hydrogen-bond donors (Lipinski definition) is 2. The number of hydrogen-bond acceptors (Lipinski definition) is 4. The smallest absolute Gasteiger partial charge is 0.261 e. The second kappa shape index (κ2) is 9.66. The molecule has 1 amide bonds. The van der Waals surface area contributed by atoms with Gasteiger partial charge in [-0.3, -0.25) is 9.52 Å². The zero-order valence-corrected chi connectivity index (χ0v) is 18.6. The summed E-state index contributed by atoms with van der Waals surface area (Å²) in [5, 5.41) is 2.82. The first kappa shape index (κ1) is 22.4. The first-order valence-corrected chi connectivity index (χ1v) is 11.4. The monoisotopic (exact) mass is 438 g/mol. The van der Waals surface area contributed by atoms with E-state index in [2.05, 4.69) is 10.0 Å². The van der Waals surface area contributed by atoms with Crippen molar-refractivity contribution in [2.75, 3.05) is 17.9 Å². The van der Waals surface area contributed by atoms with Gasteiger partial charge in [0.15, 0.2) is 0 Å². The normalized spacial score (nSPS) is 11.1. The highest BCUT2D eigenvalue weighted by atomic mass is 32.2. The summed E-state index contributed by atoms with van der Waals surface area (Å²) in [6, 6.07) is 18.9. The Balaban J connectivity index is 1.64. The molecule has 0 fully saturated rings. The first-order chi connectivity index (χ1) is 14.8. The van der Waals surface area contributed by atoms with Gasteiger partial charge in [-0.25, -0.2) is 8.42 Å². The van der Waals surface area contributed by atoms with Gasteiger partial charge in [-0.1, -0.05) is 36.4 Å². The molecule has 0 aliphatic rings. The molecule has 0 saturated carbocycles. The lowest BCUT2D eigenvalue weighted by Crippen LogP contribution is -2.29. The van der Waals surface area contributed by atoms with Crippen LogP contribution >= 0.6 is 0 Å². The van der Waals surface area contributed by atoms with Crippen LogP contribution < -0.4 is 14.8 Å². The van der Waals surface area contributed by atoms with E-state index in [1.54, 1.807) is 43.3 Å². The van der Waals surface area contributed by atoms with Gasteiger partial charge in [-0.15, -0.1) is 0 Å². The number of carbonyl (C=O) groups excluding carboxylic acids is 1. The SMILES string of the molecule is Cc1cccc(OCCNC(=O)c2cccc(NS(=O)(=O)c3ccccc3)c2C)c1C. The lowest BCUT2D eigenvalue weighted by molar-refractivity contribution is 0.0946. The van der Waals surface area contributed by atoms with E-state index in [9.17, 15) is 13.2 Å². The van der Waals surface area contributed by atoms with Crippen LogP contribution in [0, 0.1) is 20.8 Å². The van der Waals surface area contributed by atoms with Crippen LogP contribution in [0.2, 0.25) is 0 Å². The molecule has 0 saturated heterocycles. The van der Waals surface area contributed by atoms with Gasteiger partial charge in [0.25, 0.3) is 15.9 Å². The van der Waals surface area contributed by atoms with E-state index in [-0.39, 0.29) is 10.8 Å². The minimum absolute atomic E-state index is 0.160. The van der Waals surface area contributed by atoms with Crippen LogP contribution in [0.3, 0.4) is 0 Å². The quantitative estimate of drug-likeness (QED) is 0.516. The second-order valence-electron chi connectivity index (χ2n) is 7.20. The third-order valence-corrected chi connectivity index (χ3v) is 6.46. The van der Waals surface area contributed by atoms with Gasteiger partial charge in [0.2, 0.25) is 0 Å². The zero-order chi connectivity index (χ0) is 22.4. The summed E-state index contributed by atoms with van der Waals surface area (Å²) in [6.45, 7) is 6.38. The van der Waals surface area contributed by atoms with Crippen LogP contribution in [0.1, 0.15) is 27.0 Å². The molecule has 0 bridgehead atoms. The maximum absolute atomic E-state index is 12.6. The van der Waals surface area contributed by atoms with Crippen LogP contribution in [0.15, 0.2) is 71.6 Å². The summed E-state index contributed by atoms with van der Waals surface area (Å²) in [7, 11) is -3.74. The average molecular weight is 439 g/mol. The van der Waals surface area contributed by atoms with Crippen molar-refractivity contribution in [1.29, 1.82) is 0 Å². The molecule has 0 radical (unpaired) electrons. The Morgan fingerprint density at radius 3 is 2.32 bits per heavy atom. The summed E-state index contributed by atoms with van der Waals surface area (Å²) in [5.74, 6) is 0.505. The minimum Gasteiger partial charge on any atom is -0.491 e. The van der Waals surface area contributed by atoms with Gasteiger partial charge in [-0.2, -0.15) is 0 Å². The molecule has 3 aromatic carbocycles. The van der Waals surface area contributed by atoms with Gasteiger partial charge in [0.05, 0.1) is 17.1 Å². The van der Waals surface area contributed by atoms with Crippen LogP contribution in [-0.4, -0.2) is 27.5 Å². The highest BCUT2D eigenvalue weighted by Gasteiger charge is 2.17. The molecule has 162 valence electrons. The van der Waals surface area contributed by atoms with Crippen molar-refractivity contribution >= 4 is 21.6 Å². The predicted molar refractivity (Wildman–Crippen MR) is 122 cm³/mol. The molecule has 31 heavy (non-hydrogen) atoms. The molecule has 7 heteroatoms. The largest absolute Gasteiger partial charge is 0.491 e. The minimum atomic E-state index is -3.74. The van der Waals surface area contributed by atoms with Crippen molar-refractivity contribution in [3.8, 4) is 5.75 Å². The Bertz CT molecular complexity index is 1180. The number of nitrogens with one attached hydrogen (secondary N) is 2. The lowest BCUT2D eigenvalue weighted by Gasteiger charge is -2.14. The number of rotatable bonds is 8. The topological polar surface area (TPSA) is 84.5 Å². The van der Waals surface area contributed by atoms with Gasteiger partial charge >= 0.3 is 0 Å². The third-order valence-electron chi connectivity index (χ3n) is 5.08. The molecule has 0 unspecified atom stereocenters. The Labute approximate surface area is 183 Å². The molecule has 0 aliphatic carbocycles. The third kappa shape index (κ3) is 5.44. The van der Waals surface area contributed by atoms with Crippen molar-refractivity contribution in [2.24, 2.45) is 0 Å². The number of benzene rings is 3. The summed E-state index contributed by atoms with van der Waals surface area (Å²) in [6.07, 6.45) is 0. The van der Waals surface area contributed by atoms with Crippen molar-refractivity contribution in [2.45, 2.75) is 25.7 Å². The Morgan fingerprint density at radius 2 is 1.58 bits per heavy atom. The van der Waals surface area contributed by atoms with Gasteiger partial charge < -0.3 is 10.1 Å². The fourth-order valence-electron chi connectivity index (χ4n) is 3.10. The van der Waals surface area contributed by atoms with Crippen molar-refractivity contribution in [3.05, 3.63) is 89.0 Å². The van der Waals surface area contributed by atoms with Crippen LogP contribution in [0.4, 0.5) is 5.69 Å². The molecule has 6 nitrogen and oxygen atoms in total. The Hall–Kier alpha value is -3.32. The molecular weight excluding hydrogens is 412 g/mol. The van der Waals surface area contributed by atoms with Gasteiger partial charge in [0, 0.05) is 5.56 Å². The number of anilines is 1. The van der Waals surface area contributed by atoms with Gasteiger partial charge in [0.1, 0.15) is 12.4 Å². The van der Waals surface area contributed by atoms with Crippen molar-refractivity contribution in [3.63, 3.8) is 0 Å². The van der Waals surface area contributed by atoms with E-state index in [1.165, 1.54) is 12.1 Å². The van der Waals surface area contributed by atoms with Gasteiger partial charge in [-0.05, 0) is 67.8 Å².